The van der Waals surface area contributed by atoms with E-state index in [1.165, 1.54) is 71.1 Å². The summed E-state index contributed by atoms with van der Waals surface area (Å²) in [5.41, 5.74) is 0.344. The van der Waals surface area contributed by atoms with Crippen molar-refractivity contribution in [1.82, 2.24) is 15.1 Å². The van der Waals surface area contributed by atoms with Gasteiger partial charge in [0.1, 0.15) is 0 Å². The number of hydrogen-bond donors (Lipinski definition) is 1. The Morgan fingerprint density at radius 3 is 2.84 bits per heavy atom. The van der Waals surface area contributed by atoms with Crippen molar-refractivity contribution >= 4 is 0 Å². The summed E-state index contributed by atoms with van der Waals surface area (Å²) in [5.74, 6) is 1.82. The predicted octanol–water partition coefficient (Wildman–Crippen LogP) is 1.89. The van der Waals surface area contributed by atoms with E-state index in [9.17, 15) is 0 Å². The first-order valence-electron chi connectivity index (χ1n) is 8.51. The van der Waals surface area contributed by atoms with Crippen LogP contribution in [0.15, 0.2) is 0 Å². The molecule has 4 fully saturated rings. The molecule has 4 heterocycles. The van der Waals surface area contributed by atoms with Crippen molar-refractivity contribution in [2.24, 2.45) is 11.8 Å². The summed E-state index contributed by atoms with van der Waals surface area (Å²) in [6, 6.07) is 0.918. The molecule has 4 saturated heterocycles. The Bertz CT molecular complexity index is 345. The lowest BCUT2D eigenvalue weighted by atomic mass is 9.67. The van der Waals surface area contributed by atoms with E-state index in [-0.39, 0.29) is 0 Å². The van der Waals surface area contributed by atoms with Gasteiger partial charge in [0.15, 0.2) is 0 Å². The van der Waals surface area contributed by atoms with E-state index in [0.29, 0.717) is 5.66 Å². The largest absolute Gasteiger partial charge is 0.302 e. The molecular formula is C16H29N3. The van der Waals surface area contributed by atoms with Crippen molar-refractivity contribution in [3.63, 3.8) is 0 Å². The lowest BCUT2D eigenvalue weighted by Gasteiger charge is -2.62. The van der Waals surface area contributed by atoms with E-state index in [4.69, 9.17) is 0 Å². The van der Waals surface area contributed by atoms with Crippen molar-refractivity contribution in [3.8, 4) is 0 Å². The minimum absolute atomic E-state index is 0.344. The molecule has 0 aliphatic carbocycles. The van der Waals surface area contributed by atoms with Crippen molar-refractivity contribution in [2.45, 2.75) is 56.7 Å². The summed E-state index contributed by atoms with van der Waals surface area (Å²) in [7, 11) is 2.21. The van der Waals surface area contributed by atoms with Crippen LogP contribution in [-0.4, -0.2) is 54.7 Å². The number of nitrogens with zero attached hydrogens (tertiary/aromatic N) is 2. The number of nitrogens with one attached hydrogen (secondary N) is 1. The molecule has 3 heteroatoms. The highest BCUT2D eigenvalue weighted by molar-refractivity contribution is 5.07. The van der Waals surface area contributed by atoms with Crippen LogP contribution >= 0.6 is 0 Å². The fourth-order valence-corrected chi connectivity index (χ4v) is 5.74. The Kier molecular flexibility index (Phi) is 3.13. The molecule has 1 N–H and O–H groups in total. The summed E-state index contributed by atoms with van der Waals surface area (Å²) in [4.78, 5) is 5.69. The Hall–Kier alpha value is -0.120. The summed E-state index contributed by atoms with van der Waals surface area (Å²) >= 11 is 0. The first-order chi connectivity index (χ1) is 9.33. The smallest absolute Gasteiger partial charge is 0.0751 e. The van der Waals surface area contributed by atoms with Gasteiger partial charge in [-0.3, -0.25) is 9.80 Å². The molecule has 0 aromatic heterocycles. The molecule has 4 atom stereocenters. The minimum atomic E-state index is 0.344. The highest BCUT2D eigenvalue weighted by Gasteiger charge is 2.53. The predicted molar refractivity (Wildman–Crippen MR) is 78.0 cm³/mol. The average Bonchev–Trinajstić information content (AvgIpc) is 2.47. The molecule has 4 unspecified atom stereocenters. The standard InChI is InChI=1S/C16H29N3/c1-17-16-7-3-5-9-19(16)11-13-10-14(16)12-18-8-4-2-6-15(13)18/h13-15,17H,2-12H2,1H3. The highest BCUT2D eigenvalue weighted by Crippen LogP contribution is 2.47. The third-order valence-corrected chi connectivity index (χ3v) is 6.61. The van der Waals surface area contributed by atoms with Gasteiger partial charge in [0.25, 0.3) is 0 Å². The summed E-state index contributed by atoms with van der Waals surface area (Å²) in [6.07, 6.45) is 10.1. The second-order valence-corrected chi connectivity index (χ2v) is 7.33. The van der Waals surface area contributed by atoms with Gasteiger partial charge < -0.3 is 5.32 Å². The maximum absolute atomic E-state index is 3.77. The number of hydrogen-bond acceptors (Lipinski definition) is 3. The number of rotatable bonds is 1. The Labute approximate surface area is 117 Å². The van der Waals surface area contributed by atoms with E-state index in [0.717, 1.165) is 17.9 Å². The van der Waals surface area contributed by atoms with Gasteiger partial charge in [-0.25, -0.2) is 0 Å². The third-order valence-electron chi connectivity index (χ3n) is 6.61. The molecule has 4 aliphatic rings. The fraction of sp³-hybridized carbons (Fsp3) is 1.00. The highest BCUT2D eigenvalue weighted by atomic mass is 15.4. The van der Waals surface area contributed by atoms with E-state index in [1.807, 2.05) is 0 Å². The second-order valence-electron chi connectivity index (χ2n) is 7.33. The fourth-order valence-electron chi connectivity index (χ4n) is 5.74. The summed E-state index contributed by atoms with van der Waals surface area (Å²) in [6.45, 7) is 5.43. The summed E-state index contributed by atoms with van der Waals surface area (Å²) < 4.78 is 0. The van der Waals surface area contributed by atoms with E-state index < -0.39 is 0 Å². The quantitative estimate of drug-likeness (QED) is 0.779. The van der Waals surface area contributed by atoms with Gasteiger partial charge in [-0.15, -0.1) is 0 Å². The molecule has 0 radical (unpaired) electrons. The molecule has 0 aromatic rings. The van der Waals surface area contributed by atoms with Crippen LogP contribution in [0.5, 0.6) is 0 Å². The Balaban J connectivity index is 1.63. The van der Waals surface area contributed by atoms with Gasteiger partial charge in [0, 0.05) is 25.0 Å². The van der Waals surface area contributed by atoms with Crippen LogP contribution in [-0.2, 0) is 0 Å². The first-order valence-corrected chi connectivity index (χ1v) is 8.51. The van der Waals surface area contributed by atoms with Crippen LogP contribution in [0.25, 0.3) is 0 Å². The molecule has 4 aliphatic heterocycles. The molecule has 0 spiro atoms. The normalized spacial score (nSPS) is 47.5. The lowest BCUT2D eigenvalue weighted by molar-refractivity contribution is -0.135. The van der Waals surface area contributed by atoms with Crippen LogP contribution in [0.2, 0.25) is 0 Å². The Morgan fingerprint density at radius 2 is 1.95 bits per heavy atom. The molecule has 0 saturated carbocycles. The monoisotopic (exact) mass is 263 g/mol. The topological polar surface area (TPSA) is 18.5 Å². The van der Waals surface area contributed by atoms with Crippen LogP contribution in [0.4, 0.5) is 0 Å². The zero-order valence-corrected chi connectivity index (χ0v) is 12.4. The van der Waals surface area contributed by atoms with Crippen molar-refractivity contribution < 1.29 is 0 Å². The molecule has 3 nitrogen and oxygen atoms in total. The van der Waals surface area contributed by atoms with Crippen LogP contribution in [0.3, 0.4) is 0 Å². The van der Waals surface area contributed by atoms with Gasteiger partial charge in [-0.2, -0.15) is 0 Å². The maximum Gasteiger partial charge on any atom is 0.0751 e. The van der Waals surface area contributed by atoms with E-state index in [2.05, 4.69) is 22.2 Å². The van der Waals surface area contributed by atoms with Crippen LogP contribution in [0.1, 0.15) is 44.9 Å². The molecule has 19 heavy (non-hydrogen) atoms. The SMILES string of the molecule is CNC12CCCCN1CC1CC2CN2CCCCC12. The molecule has 108 valence electrons. The molecule has 0 amide bonds. The zero-order valence-electron chi connectivity index (χ0n) is 12.4. The van der Waals surface area contributed by atoms with Gasteiger partial charge in [0.2, 0.25) is 0 Å². The van der Waals surface area contributed by atoms with E-state index in [1.54, 1.807) is 0 Å². The Morgan fingerprint density at radius 1 is 1.05 bits per heavy atom. The number of fused-ring (bicyclic) bond motifs is 6. The van der Waals surface area contributed by atoms with Gasteiger partial charge >= 0.3 is 0 Å². The molecular weight excluding hydrogens is 234 g/mol. The maximum atomic E-state index is 3.77. The number of piperidine rings is 4. The lowest BCUT2D eigenvalue weighted by Crippen LogP contribution is -2.73. The van der Waals surface area contributed by atoms with Gasteiger partial charge in [0.05, 0.1) is 5.66 Å². The van der Waals surface area contributed by atoms with Crippen molar-refractivity contribution in [2.75, 3.05) is 33.2 Å². The van der Waals surface area contributed by atoms with E-state index >= 15 is 0 Å². The first kappa shape index (κ1) is 12.6. The minimum Gasteiger partial charge on any atom is -0.302 e. The van der Waals surface area contributed by atoms with Crippen LogP contribution < -0.4 is 5.32 Å². The zero-order chi connectivity index (χ0) is 12.9. The summed E-state index contributed by atoms with van der Waals surface area (Å²) in [5, 5.41) is 3.77. The van der Waals surface area contributed by atoms with Crippen LogP contribution in [0, 0.1) is 11.8 Å². The molecule has 2 bridgehead atoms. The molecule has 4 rings (SSSR count). The average molecular weight is 263 g/mol. The van der Waals surface area contributed by atoms with Gasteiger partial charge in [-0.1, -0.05) is 6.42 Å². The van der Waals surface area contributed by atoms with Crippen molar-refractivity contribution in [3.05, 3.63) is 0 Å². The van der Waals surface area contributed by atoms with Gasteiger partial charge in [-0.05, 0) is 64.6 Å². The van der Waals surface area contributed by atoms with Crippen molar-refractivity contribution in [1.29, 1.82) is 0 Å². The second kappa shape index (κ2) is 4.71. The molecule has 0 aromatic carbocycles. The third kappa shape index (κ3) is 1.81.